The molecule has 1 saturated heterocycles. The second-order valence-corrected chi connectivity index (χ2v) is 8.25. The van der Waals surface area contributed by atoms with E-state index in [1.807, 2.05) is 55.5 Å². The summed E-state index contributed by atoms with van der Waals surface area (Å²) in [5.41, 5.74) is 2.91. The molecule has 1 aliphatic heterocycles. The molecule has 0 atom stereocenters. The van der Waals surface area contributed by atoms with Crippen molar-refractivity contribution in [2.75, 3.05) is 22.5 Å². The van der Waals surface area contributed by atoms with Crippen molar-refractivity contribution in [2.24, 2.45) is 0 Å². The molecule has 2 aromatic carbocycles. The average Bonchev–Trinajstić information content (AvgIpc) is 3.38. The zero-order valence-electron chi connectivity index (χ0n) is 16.9. The molecule has 0 bridgehead atoms. The third-order valence-corrected chi connectivity index (χ3v) is 6.06. The van der Waals surface area contributed by atoms with E-state index in [4.69, 9.17) is 0 Å². The number of anilines is 2. The van der Waals surface area contributed by atoms with E-state index in [0.717, 1.165) is 28.7 Å². The molecule has 31 heavy (non-hydrogen) atoms. The first kappa shape index (κ1) is 19.5. The van der Waals surface area contributed by atoms with Gasteiger partial charge < -0.3 is 10.2 Å². The van der Waals surface area contributed by atoms with Crippen LogP contribution in [-0.4, -0.2) is 43.7 Å². The van der Waals surface area contributed by atoms with Crippen LogP contribution in [0.15, 0.2) is 53.7 Å². The van der Waals surface area contributed by atoms with Gasteiger partial charge in [0.2, 0.25) is 11.8 Å². The molecule has 0 aliphatic carbocycles. The number of rotatable bonds is 5. The fourth-order valence-electron chi connectivity index (χ4n) is 3.76. The predicted octanol–water partition coefficient (Wildman–Crippen LogP) is 3.44. The summed E-state index contributed by atoms with van der Waals surface area (Å²) in [7, 11) is 0. The summed E-state index contributed by atoms with van der Waals surface area (Å²) in [6.07, 6.45) is 1.37. The summed E-state index contributed by atoms with van der Waals surface area (Å²) in [6, 6.07) is 15.1. The molecule has 1 fully saturated rings. The minimum Gasteiger partial charge on any atom is -0.324 e. The van der Waals surface area contributed by atoms with Crippen LogP contribution >= 0.6 is 11.8 Å². The van der Waals surface area contributed by atoms with Gasteiger partial charge in [-0.3, -0.25) is 9.59 Å². The Morgan fingerprint density at radius 2 is 1.94 bits per heavy atom. The molecule has 3 heterocycles. The number of para-hydroxylation sites is 3. The number of fused-ring (bicyclic) bond motifs is 3. The fraction of sp³-hybridized carbons (Fsp3) is 0.227. The Kier molecular flexibility index (Phi) is 5.03. The van der Waals surface area contributed by atoms with Gasteiger partial charge in [0.25, 0.3) is 0 Å². The minimum absolute atomic E-state index is 0.0837. The highest BCUT2D eigenvalue weighted by molar-refractivity contribution is 7.99. The van der Waals surface area contributed by atoms with E-state index in [2.05, 4.69) is 20.4 Å². The summed E-state index contributed by atoms with van der Waals surface area (Å²) in [4.78, 5) is 35.8. The number of nitrogens with zero attached hydrogens (tertiary/aromatic N) is 5. The Labute approximate surface area is 182 Å². The number of thioether (sulfide) groups is 1. The maximum absolute atomic E-state index is 12.7. The third kappa shape index (κ3) is 3.72. The van der Waals surface area contributed by atoms with Crippen molar-refractivity contribution < 1.29 is 9.59 Å². The van der Waals surface area contributed by atoms with Gasteiger partial charge in [0, 0.05) is 18.4 Å². The molecule has 2 amide bonds. The van der Waals surface area contributed by atoms with Crippen molar-refractivity contribution in [3.63, 3.8) is 0 Å². The predicted molar refractivity (Wildman–Crippen MR) is 120 cm³/mol. The van der Waals surface area contributed by atoms with Crippen molar-refractivity contribution in [1.29, 1.82) is 0 Å². The van der Waals surface area contributed by atoms with Crippen LogP contribution in [-0.2, 0) is 9.59 Å². The van der Waals surface area contributed by atoms with Crippen LogP contribution in [0.3, 0.4) is 0 Å². The second-order valence-electron chi connectivity index (χ2n) is 7.31. The smallest absolute Gasteiger partial charge is 0.234 e. The number of aromatic nitrogens is 4. The molecule has 8 nitrogen and oxygen atoms in total. The van der Waals surface area contributed by atoms with Crippen LogP contribution in [0.1, 0.15) is 18.7 Å². The Balaban J connectivity index is 1.37. The number of amides is 2. The van der Waals surface area contributed by atoms with Crippen molar-refractivity contribution in [3.8, 4) is 0 Å². The maximum Gasteiger partial charge on any atom is 0.234 e. The van der Waals surface area contributed by atoms with Gasteiger partial charge >= 0.3 is 0 Å². The number of carbonyl (C=O) groups is 2. The van der Waals surface area contributed by atoms with E-state index in [1.54, 1.807) is 9.42 Å². The molecule has 4 aromatic rings. The lowest BCUT2D eigenvalue weighted by atomic mass is 10.2. The quantitative estimate of drug-likeness (QED) is 0.384. The van der Waals surface area contributed by atoms with E-state index in [1.165, 1.54) is 11.8 Å². The highest BCUT2D eigenvalue weighted by Gasteiger charge is 2.24. The molecule has 0 radical (unpaired) electrons. The number of nitrogens with one attached hydrogen (secondary N) is 1. The molecule has 2 aromatic heterocycles. The summed E-state index contributed by atoms with van der Waals surface area (Å²) < 4.78 is 1.69. The molecule has 0 saturated carbocycles. The van der Waals surface area contributed by atoms with E-state index in [0.29, 0.717) is 29.6 Å². The topological polar surface area (TPSA) is 92.5 Å². The zero-order chi connectivity index (χ0) is 21.4. The maximum atomic E-state index is 12.7. The molecule has 1 N–H and O–H groups in total. The molecule has 5 rings (SSSR count). The molecule has 9 heteroatoms. The van der Waals surface area contributed by atoms with E-state index >= 15 is 0 Å². The molecule has 0 unspecified atom stereocenters. The van der Waals surface area contributed by atoms with E-state index in [-0.39, 0.29) is 17.6 Å². The first-order valence-electron chi connectivity index (χ1n) is 10.0. The molecular weight excluding hydrogens is 412 g/mol. The number of aryl methyl sites for hydroxylation is 1. The first-order valence-corrected chi connectivity index (χ1v) is 11.0. The van der Waals surface area contributed by atoms with Crippen LogP contribution in [0.25, 0.3) is 16.6 Å². The Morgan fingerprint density at radius 1 is 1.13 bits per heavy atom. The zero-order valence-corrected chi connectivity index (χ0v) is 17.7. The van der Waals surface area contributed by atoms with Crippen LogP contribution in [0.2, 0.25) is 0 Å². The van der Waals surface area contributed by atoms with Gasteiger partial charge in [0.1, 0.15) is 5.82 Å². The van der Waals surface area contributed by atoms with Crippen molar-refractivity contribution in [2.45, 2.75) is 24.9 Å². The van der Waals surface area contributed by atoms with Crippen LogP contribution in [0.4, 0.5) is 11.4 Å². The minimum atomic E-state index is -0.177. The van der Waals surface area contributed by atoms with Crippen LogP contribution in [0, 0.1) is 6.92 Å². The summed E-state index contributed by atoms with van der Waals surface area (Å²) in [5.74, 6) is 0.708. The van der Waals surface area contributed by atoms with Crippen LogP contribution in [0.5, 0.6) is 0 Å². The summed E-state index contributed by atoms with van der Waals surface area (Å²) in [5, 5.41) is 8.91. The van der Waals surface area contributed by atoms with Crippen molar-refractivity contribution in [3.05, 3.63) is 54.4 Å². The number of hydrogen-bond donors (Lipinski definition) is 1. The Morgan fingerprint density at radius 3 is 2.77 bits per heavy atom. The van der Waals surface area contributed by atoms with Gasteiger partial charge in [-0.05, 0) is 37.6 Å². The second kappa shape index (κ2) is 7.99. The SMILES string of the molecule is Cc1nc2c3ccccc3nc(SCC(=O)Nc3ccccc3N3CCCC3=O)n2n1. The monoisotopic (exact) mass is 432 g/mol. The summed E-state index contributed by atoms with van der Waals surface area (Å²) >= 11 is 1.30. The normalized spacial score (nSPS) is 14.0. The lowest BCUT2D eigenvalue weighted by molar-refractivity contribution is -0.117. The number of benzene rings is 2. The lowest BCUT2D eigenvalue weighted by Crippen LogP contribution is -2.26. The Hall–Kier alpha value is -3.46. The van der Waals surface area contributed by atoms with E-state index < -0.39 is 0 Å². The molecule has 0 spiro atoms. The van der Waals surface area contributed by atoms with Crippen LogP contribution < -0.4 is 10.2 Å². The average molecular weight is 433 g/mol. The highest BCUT2D eigenvalue weighted by atomic mass is 32.2. The standard InChI is InChI=1S/C22H20N6O2S/c1-14-23-21-15-7-2-3-8-16(15)25-22(28(21)26-14)31-13-19(29)24-17-9-4-5-10-18(17)27-12-6-11-20(27)30/h2-5,7-10H,6,11-13H2,1H3,(H,24,29). The van der Waals surface area contributed by atoms with Gasteiger partial charge in [-0.25, -0.2) is 9.97 Å². The third-order valence-electron chi connectivity index (χ3n) is 5.13. The summed E-state index contributed by atoms with van der Waals surface area (Å²) in [6.45, 7) is 2.50. The van der Waals surface area contributed by atoms with Gasteiger partial charge in [-0.1, -0.05) is 36.0 Å². The molecule has 156 valence electrons. The fourth-order valence-corrected chi connectivity index (χ4v) is 4.51. The van der Waals surface area contributed by atoms with E-state index in [9.17, 15) is 9.59 Å². The van der Waals surface area contributed by atoms with Gasteiger partial charge in [-0.2, -0.15) is 4.52 Å². The van der Waals surface area contributed by atoms with Gasteiger partial charge in [-0.15, -0.1) is 5.10 Å². The largest absolute Gasteiger partial charge is 0.324 e. The van der Waals surface area contributed by atoms with Gasteiger partial charge in [0.05, 0.1) is 22.6 Å². The van der Waals surface area contributed by atoms with Gasteiger partial charge in [0.15, 0.2) is 10.8 Å². The first-order chi connectivity index (χ1) is 15.1. The Bertz CT molecular complexity index is 1320. The molecular formula is C22H20N6O2S. The number of carbonyl (C=O) groups excluding carboxylic acids is 2. The molecule has 1 aliphatic rings. The lowest BCUT2D eigenvalue weighted by Gasteiger charge is -2.19. The van der Waals surface area contributed by atoms with Crippen molar-refractivity contribution >= 4 is 51.5 Å². The highest BCUT2D eigenvalue weighted by Crippen LogP contribution is 2.30. The number of hydrogen-bond acceptors (Lipinski definition) is 6. The van der Waals surface area contributed by atoms with Crippen molar-refractivity contribution in [1.82, 2.24) is 19.6 Å².